The molecule has 2 aromatic carbocycles. The smallest absolute Gasteiger partial charge is 0.270 e. The number of nitro benzene ring substituents is 1. The number of non-ortho nitro benzene ring substituents is 1. The van der Waals surface area contributed by atoms with E-state index in [1.165, 1.54) is 30.3 Å². The number of nitrogens with zero attached hydrogens (tertiary/aromatic N) is 1. The SMILES string of the molecule is CCOCCCNC(=O)c1ccccc1NS(=O)(=O)c1cccc([N+](=O)[O-])c1. The van der Waals surface area contributed by atoms with Gasteiger partial charge in [-0.3, -0.25) is 19.6 Å². The zero-order valence-electron chi connectivity index (χ0n) is 15.3. The maximum absolute atomic E-state index is 12.6. The molecule has 0 heterocycles. The van der Waals surface area contributed by atoms with Crippen molar-refractivity contribution in [2.24, 2.45) is 0 Å². The zero-order chi connectivity index (χ0) is 20.6. The van der Waals surface area contributed by atoms with Crippen molar-refractivity contribution in [2.75, 3.05) is 24.5 Å². The highest BCUT2D eigenvalue weighted by molar-refractivity contribution is 7.92. The van der Waals surface area contributed by atoms with E-state index in [0.29, 0.717) is 26.2 Å². The van der Waals surface area contributed by atoms with Crippen LogP contribution in [0.3, 0.4) is 0 Å². The average molecular weight is 407 g/mol. The Morgan fingerprint density at radius 1 is 1.18 bits per heavy atom. The molecule has 0 fully saturated rings. The molecule has 10 heteroatoms. The lowest BCUT2D eigenvalue weighted by Gasteiger charge is -2.13. The highest BCUT2D eigenvalue weighted by Crippen LogP contribution is 2.22. The summed E-state index contributed by atoms with van der Waals surface area (Å²) in [6, 6.07) is 10.8. The topological polar surface area (TPSA) is 128 Å². The Bertz CT molecular complexity index is 946. The van der Waals surface area contributed by atoms with E-state index < -0.39 is 20.9 Å². The van der Waals surface area contributed by atoms with E-state index in [0.717, 1.165) is 6.07 Å². The van der Waals surface area contributed by atoms with E-state index in [2.05, 4.69) is 10.0 Å². The van der Waals surface area contributed by atoms with E-state index in [1.54, 1.807) is 12.1 Å². The molecule has 0 aliphatic heterocycles. The number of hydrogen-bond acceptors (Lipinski definition) is 6. The molecule has 0 saturated carbocycles. The van der Waals surface area contributed by atoms with Crippen LogP contribution in [0.2, 0.25) is 0 Å². The molecule has 0 radical (unpaired) electrons. The molecular weight excluding hydrogens is 386 g/mol. The molecule has 0 unspecified atom stereocenters. The molecule has 0 atom stereocenters. The van der Waals surface area contributed by atoms with Gasteiger partial charge in [-0.1, -0.05) is 18.2 Å². The minimum atomic E-state index is -4.11. The lowest BCUT2D eigenvalue weighted by atomic mass is 10.1. The molecule has 0 saturated heterocycles. The minimum absolute atomic E-state index is 0.0799. The van der Waals surface area contributed by atoms with Crippen LogP contribution in [0, 0.1) is 10.1 Å². The Hall–Kier alpha value is -2.98. The first-order valence-corrected chi connectivity index (χ1v) is 10.1. The average Bonchev–Trinajstić information content (AvgIpc) is 2.68. The molecule has 2 N–H and O–H groups in total. The van der Waals surface area contributed by atoms with Crippen LogP contribution in [-0.4, -0.2) is 39.0 Å². The third kappa shape index (κ3) is 5.76. The highest BCUT2D eigenvalue weighted by Gasteiger charge is 2.20. The standard InChI is InChI=1S/C18H21N3O6S/c1-2-27-12-6-11-19-18(22)16-9-3-4-10-17(16)20-28(25,26)15-8-5-7-14(13-15)21(23)24/h3-5,7-10,13,20H,2,6,11-12H2,1H3,(H,19,22). The van der Waals surface area contributed by atoms with Crippen LogP contribution in [0.15, 0.2) is 53.4 Å². The first-order valence-electron chi connectivity index (χ1n) is 8.57. The minimum Gasteiger partial charge on any atom is -0.382 e. The van der Waals surface area contributed by atoms with Crippen molar-refractivity contribution in [3.8, 4) is 0 Å². The fourth-order valence-corrected chi connectivity index (χ4v) is 3.47. The lowest BCUT2D eigenvalue weighted by Crippen LogP contribution is -2.27. The molecule has 2 aromatic rings. The number of sulfonamides is 1. The maximum atomic E-state index is 12.6. The van der Waals surface area contributed by atoms with E-state index in [9.17, 15) is 23.3 Å². The molecule has 150 valence electrons. The number of nitro groups is 1. The molecule has 0 bridgehead atoms. The van der Waals surface area contributed by atoms with Crippen LogP contribution in [-0.2, 0) is 14.8 Å². The highest BCUT2D eigenvalue weighted by atomic mass is 32.2. The Balaban J connectivity index is 2.17. The number of carbonyl (C=O) groups is 1. The molecule has 28 heavy (non-hydrogen) atoms. The maximum Gasteiger partial charge on any atom is 0.270 e. The Morgan fingerprint density at radius 3 is 2.64 bits per heavy atom. The Labute approximate surface area is 162 Å². The number of rotatable bonds is 10. The first kappa shape index (κ1) is 21.3. The van der Waals surface area contributed by atoms with Gasteiger partial charge in [0, 0.05) is 31.9 Å². The van der Waals surface area contributed by atoms with Crippen molar-refractivity contribution in [3.05, 3.63) is 64.2 Å². The van der Waals surface area contributed by atoms with Gasteiger partial charge in [0.05, 0.1) is 21.1 Å². The number of nitrogens with one attached hydrogen (secondary N) is 2. The Kier molecular flexibility index (Phi) is 7.47. The lowest BCUT2D eigenvalue weighted by molar-refractivity contribution is -0.385. The normalized spacial score (nSPS) is 11.0. The third-order valence-electron chi connectivity index (χ3n) is 3.71. The molecule has 0 aromatic heterocycles. The fraction of sp³-hybridized carbons (Fsp3) is 0.278. The van der Waals surface area contributed by atoms with Crippen molar-refractivity contribution < 1.29 is 22.9 Å². The second-order valence-electron chi connectivity index (χ2n) is 5.71. The summed E-state index contributed by atoms with van der Waals surface area (Å²) < 4.78 is 32.7. The van der Waals surface area contributed by atoms with Gasteiger partial charge in [-0.05, 0) is 31.5 Å². The van der Waals surface area contributed by atoms with E-state index >= 15 is 0 Å². The van der Waals surface area contributed by atoms with Crippen LogP contribution in [0.1, 0.15) is 23.7 Å². The van der Waals surface area contributed by atoms with Gasteiger partial charge in [0.25, 0.3) is 21.6 Å². The summed E-state index contributed by atoms with van der Waals surface area (Å²) in [5, 5.41) is 13.6. The zero-order valence-corrected chi connectivity index (χ0v) is 16.1. The number of carbonyl (C=O) groups excluding carboxylic acids is 1. The third-order valence-corrected chi connectivity index (χ3v) is 5.07. The molecule has 0 aliphatic carbocycles. The van der Waals surface area contributed by atoms with Crippen LogP contribution in [0.4, 0.5) is 11.4 Å². The van der Waals surface area contributed by atoms with Crippen molar-refractivity contribution in [1.82, 2.24) is 5.32 Å². The van der Waals surface area contributed by atoms with Gasteiger partial charge in [-0.2, -0.15) is 0 Å². The number of ether oxygens (including phenoxy) is 1. The number of para-hydroxylation sites is 1. The molecule has 1 amide bonds. The summed E-state index contributed by atoms with van der Waals surface area (Å²) in [4.78, 5) is 22.3. The van der Waals surface area contributed by atoms with Crippen molar-refractivity contribution >= 4 is 27.3 Å². The fourth-order valence-electron chi connectivity index (χ4n) is 2.35. The van der Waals surface area contributed by atoms with Crippen molar-refractivity contribution in [2.45, 2.75) is 18.2 Å². The quantitative estimate of drug-likeness (QED) is 0.354. The van der Waals surface area contributed by atoms with Crippen molar-refractivity contribution in [3.63, 3.8) is 0 Å². The molecule has 0 spiro atoms. The van der Waals surface area contributed by atoms with E-state index in [1.807, 2.05) is 6.92 Å². The second-order valence-corrected chi connectivity index (χ2v) is 7.39. The largest absolute Gasteiger partial charge is 0.382 e. The van der Waals surface area contributed by atoms with Gasteiger partial charge < -0.3 is 10.1 Å². The van der Waals surface area contributed by atoms with Crippen LogP contribution < -0.4 is 10.0 Å². The van der Waals surface area contributed by atoms with Gasteiger partial charge in [0.2, 0.25) is 0 Å². The van der Waals surface area contributed by atoms with E-state index in [-0.39, 0.29) is 21.8 Å². The van der Waals surface area contributed by atoms with Gasteiger partial charge in [0.1, 0.15) is 0 Å². The van der Waals surface area contributed by atoms with E-state index in [4.69, 9.17) is 4.74 Å². The Morgan fingerprint density at radius 2 is 1.93 bits per heavy atom. The van der Waals surface area contributed by atoms with Gasteiger partial charge in [0.15, 0.2) is 0 Å². The summed E-state index contributed by atoms with van der Waals surface area (Å²) in [6.07, 6.45) is 0.626. The van der Waals surface area contributed by atoms with Crippen molar-refractivity contribution in [1.29, 1.82) is 0 Å². The predicted molar refractivity (Wildman–Crippen MR) is 104 cm³/mol. The summed E-state index contributed by atoms with van der Waals surface area (Å²) in [5.41, 5.74) is -0.118. The van der Waals surface area contributed by atoms with Crippen LogP contribution >= 0.6 is 0 Å². The first-order chi connectivity index (χ1) is 13.3. The predicted octanol–water partition coefficient (Wildman–Crippen LogP) is 2.55. The summed E-state index contributed by atoms with van der Waals surface area (Å²) in [7, 11) is -4.11. The van der Waals surface area contributed by atoms with Gasteiger partial charge in [-0.25, -0.2) is 8.42 Å². The number of hydrogen-bond donors (Lipinski definition) is 2. The van der Waals surface area contributed by atoms with Gasteiger partial charge in [-0.15, -0.1) is 0 Å². The molecule has 2 rings (SSSR count). The molecular formula is C18H21N3O6S. The summed E-state index contributed by atoms with van der Waals surface area (Å²) >= 11 is 0. The monoisotopic (exact) mass is 407 g/mol. The summed E-state index contributed by atoms with van der Waals surface area (Å²) in [5.74, 6) is -0.436. The summed E-state index contributed by atoms with van der Waals surface area (Å²) in [6.45, 7) is 3.36. The van der Waals surface area contributed by atoms with Crippen LogP contribution in [0.25, 0.3) is 0 Å². The number of amides is 1. The van der Waals surface area contributed by atoms with Gasteiger partial charge >= 0.3 is 0 Å². The molecule has 9 nitrogen and oxygen atoms in total. The van der Waals surface area contributed by atoms with Crippen LogP contribution in [0.5, 0.6) is 0 Å². The second kappa shape index (κ2) is 9.81. The number of anilines is 1. The molecule has 0 aliphatic rings. The number of benzene rings is 2.